The summed E-state index contributed by atoms with van der Waals surface area (Å²) in [6.07, 6.45) is 7.33. The van der Waals surface area contributed by atoms with Crippen LogP contribution < -0.4 is 11.1 Å². The van der Waals surface area contributed by atoms with E-state index in [2.05, 4.69) is 5.32 Å². The maximum atomic E-state index is 11.5. The van der Waals surface area contributed by atoms with Crippen LogP contribution in [-0.2, 0) is 14.3 Å². The summed E-state index contributed by atoms with van der Waals surface area (Å²) < 4.78 is 10.2. The van der Waals surface area contributed by atoms with Gasteiger partial charge in [0.1, 0.15) is 0 Å². The number of rotatable bonds is 7. The second-order valence-corrected chi connectivity index (χ2v) is 4.95. The van der Waals surface area contributed by atoms with E-state index in [-0.39, 0.29) is 18.2 Å². The molecule has 0 aromatic carbocycles. The Balaban J connectivity index is 2.47. The van der Waals surface area contributed by atoms with Gasteiger partial charge in [0.2, 0.25) is 5.91 Å². The van der Waals surface area contributed by atoms with E-state index in [1.807, 2.05) is 0 Å². The predicted molar refractivity (Wildman–Crippen MR) is 70.0 cm³/mol. The third-order valence-electron chi connectivity index (χ3n) is 3.59. The van der Waals surface area contributed by atoms with Gasteiger partial charge in [-0.15, -0.1) is 0 Å². The van der Waals surface area contributed by atoms with Gasteiger partial charge in [0.25, 0.3) is 0 Å². The highest BCUT2D eigenvalue weighted by Crippen LogP contribution is 2.18. The maximum Gasteiger partial charge on any atom is 0.234 e. The minimum atomic E-state index is -0.388. The van der Waals surface area contributed by atoms with Crippen LogP contribution in [0.4, 0.5) is 0 Å². The van der Waals surface area contributed by atoms with Gasteiger partial charge in [0.05, 0.1) is 6.04 Å². The van der Waals surface area contributed by atoms with Crippen LogP contribution in [-0.4, -0.2) is 38.5 Å². The van der Waals surface area contributed by atoms with Gasteiger partial charge in [-0.2, -0.15) is 0 Å². The topological polar surface area (TPSA) is 73.6 Å². The van der Waals surface area contributed by atoms with Crippen LogP contribution in [0.15, 0.2) is 0 Å². The van der Waals surface area contributed by atoms with Crippen molar-refractivity contribution in [1.82, 2.24) is 5.32 Å². The standard InChI is InChI=1S/C13H26N2O3/c1-17-12(18-2)9-11(13(14)16)15-10-7-5-3-4-6-8-10/h10-12,15H,3-9H2,1-2H3,(H2,14,16). The number of primary amides is 1. The number of ether oxygens (including phenoxy) is 2. The molecule has 1 amide bonds. The number of amides is 1. The van der Waals surface area contributed by atoms with Crippen LogP contribution in [0, 0.1) is 0 Å². The van der Waals surface area contributed by atoms with Crippen LogP contribution in [0.5, 0.6) is 0 Å². The molecule has 1 unspecified atom stereocenters. The maximum absolute atomic E-state index is 11.5. The van der Waals surface area contributed by atoms with Gasteiger partial charge < -0.3 is 20.5 Å². The summed E-state index contributed by atoms with van der Waals surface area (Å²) in [6, 6.07) is 0.0114. The molecule has 106 valence electrons. The SMILES string of the molecule is COC(CC(NC1CCCCCC1)C(N)=O)OC. The van der Waals surface area contributed by atoms with E-state index >= 15 is 0 Å². The van der Waals surface area contributed by atoms with Crippen molar-refractivity contribution in [2.24, 2.45) is 5.73 Å². The van der Waals surface area contributed by atoms with E-state index in [9.17, 15) is 4.79 Å². The second-order valence-electron chi connectivity index (χ2n) is 4.95. The molecule has 0 aromatic rings. The molecule has 1 saturated carbocycles. The fourth-order valence-corrected chi connectivity index (χ4v) is 2.48. The molecule has 0 radical (unpaired) electrons. The van der Waals surface area contributed by atoms with Crippen molar-refractivity contribution in [1.29, 1.82) is 0 Å². The zero-order chi connectivity index (χ0) is 13.4. The third-order valence-corrected chi connectivity index (χ3v) is 3.59. The van der Waals surface area contributed by atoms with Crippen molar-refractivity contribution in [3.63, 3.8) is 0 Å². The first-order valence-electron chi connectivity index (χ1n) is 6.78. The van der Waals surface area contributed by atoms with E-state index in [4.69, 9.17) is 15.2 Å². The molecule has 1 aliphatic carbocycles. The highest BCUT2D eigenvalue weighted by Gasteiger charge is 2.24. The molecule has 1 atom stereocenters. The minimum absolute atomic E-state index is 0.335. The van der Waals surface area contributed by atoms with Gasteiger partial charge in [0.15, 0.2) is 6.29 Å². The van der Waals surface area contributed by atoms with Crippen LogP contribution in [0.3, 0.4) is 0 Å². The Bertz CT molecular complexity index is 236. The van der Waals surface area contributed by atoms with Crippen molar-refractivity contribution >= 4 is 5.91 Å². The number of nitrogens with one attached hydrogen (secondary N) is 1. The molecule has 18 heavy (non-hydrogen) atoms. The second kappa shape index (κ2) is 8.45. The van der Waals surface area contributed by atoms with E-state index < -0.39 is 0 Å². The zero-order valence-electron chi connectivity index (χ0n) is 11.5. The monoisotopic (exact) mass is 258 g/mol. The van der Waals surface area contributed by atoms with E-state index in [1.54, 1.807) is 14.2 Å². The predicted octanol–water partition coefficient (Wildman–Crippen LogP) is 1.16. The molecule has 5 nitrogen and oxygen atoms in total. The summed E-state index contributed by atoms with van der Waals surface area (Å²) in [7, 11) is 3.13. The number of carbonyl (C=O) groups excluding carboxylic acids is 1. The molecule has 1 fully saturated rings. The van der Waals surface area contributed by atoms with Crippen molar-refractivity contribution in [2.75, 3.05) is 14.2 Å². The lowest BCUT2D eigenvalue weighted by Gasteiger charge is -2.25. The average molecular weight is 258 g/mol. The Labute approximate surface area is 109 Å². The van der Waals surface area contributed by atoms with Crippen LogP contribution in [0.2, 0.25) is 0 Å². The first-order chi connectivity index (χ1) is 8.67. The molecule has 0 heterocycles. The van der Waals surface area contributed by atoms with Crippen LogP contribution in [0.1, 0.15) is 44.9 Å². The lowest BCUT2D eigenvalue weighted by Crippen LogP contribution is -2.48. The lowest BCUT2D eigenvalue weighted by molar-refractivity contribution is -0.130. The smallest absolute Gasteiger partial charge is 0.234 e. The number of carbonyl (C=O) groups is 1. The average Bonchev–Trinajstić information content (AvgIpc) is 2.62. The number of hydrogen-bond donors (Lipinski definition) is 2. The zero-order valence-corrected chi connectivity index (χ0v) is 11.5. The Morgan fingerprint density at radius 1 is 1.22 bits per heavy atom. The molecule has 1 rings (SSSR count). The van der Waals surface area contributed by atoms with Crippen LogP contribution >= 0.6 is 0 Å². The summed E-state index contributed by atoms with van der Waals surface area (Å²) in [5.74, 6) is -0.335. The third kappa shape index (κ3) is 5.33. The Morgan fingerprint density at radius 3 is 2.22 bits per heavy atom. The Morgan fingerprint density at radius 2 is 1.78 bits per heavy atom. The highest BCUT2D eigenvalue weighted by atomic mass is 16.7. The van der Waals surface area contributed by atoms with Gasteiger partial charge >= 0.3 is 0 Å². The molecular weight excluding hydrogens is 232 g/mol. The highest BCUT2D eigenvalue weighted by molar-refractivity contribution is 5.79. The molecule has 0 bridgehead atoms. The summed E-state index contributed by atoms with van der Waals surface area (Å²) >= 11 is 0. The largest absolute Gasteiger partial charge is 0.368 e. The molecule has 0 saturated heterocycles. The molecule has 0 aliphatic heterocycles. The van der Waals surface area contributed by atoms with Gasteiger partial charge in [0, 0.05) is 26.7 Å². The summed E-state index contributed by atoms with van der Waals surface area (Å²) in [5, 5.41) is 3.36. The van der Waals surface area contributed by atoms with Crippen molar-refractivity contribution < 1.29 is 14.3 Å². The van der Waals surface area contributed by atoms with E-state index in [1.165, 1.54) is 25.7 Å². The van der Waals surface area contributed by atoms with E-state index in [0.717, 1.165) is 12.8 Å². The van der Waals surface area contributed by atoms with Crippen molar-refractivity contribution in [3.8, 4) is 0 Å². The van der Waals surface area contributed by atoms with Gasteiger partial charge in [-0.1, -0.05) is 25.7 Å². The molecule has 0 spiro atoms. The normalized spacial score (nSPS) is 19.7. The summed E-state index contributed by atoms with van der Waals surface area (Å²) in [6.45, 7) is 0. The van der Waals surface area contributed by atoms with Crippen molar-refractivity contribution in [3.05, 3.63) is 0 Å². The summed E-state index contributed by atoms with van der Waals surface area (Å²) in [5.41, 5.74) is 5.44. The minimum Gasteiger partial charge on any atom is -0.368 e. The molecular formula is C13H26N2O3. The first-order valence-corrected chi connectivity index (χ1v) is 6.78. The fourth-order valence-electron chi connectivity index (χ4n) is 2.48. The first kappa shape index (κ1) is 15.4. The molecule has 0 aromatic heterocycles. The number of hydrogen-bond acceptors (Lipinski definition) is 4. The van der Waals surface area contributed by atoms with Gasteiger partial charge in [-0.05, 0) is 12.8 Å². The number of methoxy groups -OCH3 is 2. The Kier molecular flexibility index (Phi) is 7.23. The molecule has 1 aliphatic rings. The van der Waals surface area contributed by atoms with Crippen molar-refractivity contribution in [2.45, 2.75) is 63.3 Å². The number of nitrogens with two attached hydrogens (primary N) is 1. The molecule has 3 N–H and O–H groups in total. The van der Waals surface area contributed by atoms with Crippen LogP contribution in [0.25, 0.3) is 0 Å². The lowest BCUT2D eigenvalue weighted by atomic mass is 10.1. The summed E-state index contributed by atoms with van der Waals surface area (Å²) in [4.78, 5) is 11.5. The Hall–Kier alpha value is -0.650. The van der Waals surface area contributed by atoms with Gasteiger partial charge in [-0.3, -0.25) is 4.79 Å². The van der Waals surface area contributed by atoms with E-state index in [0.29, 0.717) is 12.5 Å². The quantitative estimate of drug-likeness (QED) is 0.531. The fraction of sp³-hybridized carbons (Fsp3) is 0.923. The molecule has 5 heteroatoms. The van der Waals surface area contributed by atoms with Gasteiger partial charge in [-0.25, -0.2) is 0 Å².